The minimum Gasteiger partial charge on any atom is -0.489 e. The van der Waals surface area contributed by atoms with Gasteiger partial charge in [0.25, 0.3) is 0 Å². The fourth-order valence-electron chi connectivity index (χ4n) is 1.53. The molecule has 88 valence electrons. The van der Waals surface area contributed by atoms with Crippen molar-refractivity contribution in [2.45, 2.75) is 20.0 Å². The summed E-state index contributed by atoms with van der Waals surface area (Å²) in [5.74, 6) is 0.750. The Bertz CT molecular complexity index is 512. The van der Waals surface area contributed by atoms with E-state index >= 15 is 0 Å². The molecule has 0 aromatic carbocycles. The first-order valence-electron chi connectivity index (χ1n) is 5.48. The van der Waals surface area contributed by atoms with Crippen molar-refractivity contribution in [3.05, 3.63) is 36.9 Å². The third-order valence-corrected chi connectivity index (χ3v) is 2.18. The largest absolute Gasteiger partial charge is 0.489 e. The number of anilines is 1. The molecule has 2 N–H and O–H groups in total. The number of nitrogens with zero attached hydrogens (tertiary/aromatic N) is 2. The van der Waals surface area contributed by atoms with Crippen LogP contribution in [0, 0.1) is 0 Å². The maximum absolute atomic E-state index is 5.70. The Hall–Kier alpha value is -2.10. The molecule has 4 heteroatoms. The number of hydrogen-bond acceptors (Lipinski definition) is 4. The molecule has 0 atom stereocenters. The maximum Gasteiger partial charge on any atom is 0.138 e. The number of hydrogen-bond donors (Lipinski definition) is 1. The number of nitrogens with two attached hydrogens (primary N) is 1. The van der Waals surface area contributed by atoms with Crippen LogP contribution in [0.15, 0.2) is 36.9 Å². The van der Waals surface area contributed by atoms with Gasteiger partial charge in [-0.15, -0.1) is 0 Å². The first-order chi connectivity index (χ1) is 8.15. The lowest BCUT2D eigenvalue weighted by Crippen LogP contribution is -2.05. The van der Waals surface area contributed by atoms with Crippen LogP contribution in [0.3, 0.4) is 0 Å². The fourth-order valence-corrected chi connectivity index (χ4v) is 1.53. The van der Waals surface area contributed by atoms with Crippen LogP contribution in [0.1, 0.15) is 13.8 Å². The molecule has 0 spiro atoms. The summed E-state index contributed by atoms with van der Waals surface area (Å²) in [7, 11) is 0. The van der Waals surface area contributed by atoms with E-state index < -0.39 is 0 Å². The highest BCUT2D eigenvalue weighted by Crippen LogP contribution is 2.23. The molecule has 2 heterocycles. The van der Waals surface area contributed by atoms with E-state index in [0.717, 1.165) is 16.9 Å². The van der Waals surface area contributed by atoms with Crippen molar-refractivity contribution >= 4 is 5.69 Å². The summed E-state index contributed by atoms with van der Waals surface area (Å²) < 4.78 is 5.59. The van der Waals surface area contributed by atoms with Gasteiger partial charge in [0.15, 0.2) is 0 Å². The SMILES string of the molecule is CC(C)Oc1cncc(-c2cncc(N)c2)c1. The topological polar surface area (TPSA) is 61.0 Å². The smallest absolute Gasteiger partial charge is 0.138 e. The minimum absolute atomic E-state index is 0.131. The molecule has 0 radical (unpaired) electrons. The molecular formula is C13H15N3O. The second kappa shape index (κ2) is 4.82. The summed E-state index contributed by atoms with van der Waals surface area (Å²) in [6.07, 6.45) is 6.97. The van der Waals surface area contributed by atoms with E-state index in [4.69, 9.17) is 10.5 Å². The second-order valence-electron chi connectivity index (χ2n) is 4.08. The standard InChI is InChI=1S/C13H15N3O/c1-9(2)17-13-4-11(6-16-8-13)10-3-12(14)7-15-5-10/h3-9H,14H2,1-2H3. The molecule has 0 amide bonds. The highest BCUT2D eigenvalue weighted by atomic mass is 16.5. The molecule has 0 aliphatic carbocycles. The maximum atomic E-state index is 5.70. The Morgan fingerprint density at radius 1 is 1.00 bits per heavy atom. The van der Waals surface area contributed by atoms with E-state index in [1.807, 2.05) is 26.0 Å². The Labute approximate surface area is 100 Å². The number of nitrogen functional groups attached to an aromatic ring is 1. The number of pyridine rings is 2. The molecular weight excluding hydrogens is 214 g/mol. The quantitative estimate of drug-likeness (QED) is 0.878. The lowest BCUT2D eigenvalue weighted by molar-refractivity contribution is 0.241. The summed E-state index contributed by atoms with van der Waals surface area (Å²) >= 11 is 0. The van der Waals surface area contributed by atoms with Gasteiger partial charge in [0, 0.05) is 29.7 Å². The molecule has 2 aromatic rings. The van der Waals surface area contributed by atoms with Gasteiger partial charge in [0.05, 0.1) is 18.0 Å². The first-order valence-corrected chi connectivity index (χ1v) is 5.48. The van der Waals surface area contributed by atoms with E-state index in [9.17, 15) is 0 Å². The minimum atomic E-state index is 0.131. The van der Waals surface area contributed by atoms with E-state index in [1.54, 1.807) is 24.8 Å². The fraction of sp³-hybridized carbons (Fsp3) is 0.231. The summed E-state index contributed by atoms with van der Waals surface area (Å²) in [6.45, 7) is 3.96. The Balaban J connectivity index is 2.33. The zero-order valence-corrected chi connectivity index (χ0v) is 9.92. The van der Waals surface area contributed by atoms with Crippen LogP contribution >= 0.6 is 0 Å². The summed E-state index contributed by atoms with van der Waals surface area (Å²) in [5, 5.41) is 0. The average Bonchev–Trinajstić information content (AvgIpc) is 2.28. The number of aromatic nitrogens is 2. The van der Waals surface area contributed by atoms with Gasteiger partial charge in [-0.3, -0.25) is 9.97 Å². The lowest BCUT2D eigenvalue weighted by atomic mass is 10.1. The lowest BCUT2D eigenvalue weighted by Gasteiger charge is -2.10. The Kier molecular flexibility index (Phi) is 3.23. The zero-order chi connectivity index (χ0) is 12.3. The van der Waals surface area contributed by atoms with Crippen molar-refractivity contribution in [3.8, 4) is 16.9 Å². The van der Waals surface area contributed by atoms with E-state index in [1.165, 1.54) is 0 Å². The third kappa shape index (κ3) is 2.93. The highest BCUT2D eigenvalue weighted by molar-refractivity contribution is 5.66. The van der Waals surface area contributed by atoms with Gasteiger partial charge in [-0.1, -0.05) is 0 Å². The van der Waals surface area contributed by atoms with Crippen LogP contribution in [0.5, 0.6) is 5.75 Å². The van der Waals surface area contributed by atoms with Crippen molar-refractivity contribution in [2.24, 2.45) is 0 Å². The molecule has 0 unspecified atom stereocenters. The summed E-state index contributed by atoms with van der Waals surface area (Å²) in [5.41, 5.74) is 8.22. The molecule has 0 saturated carbocycles. The number of rotatable bonds is 3. The number of ether oxygens (including phenoxy) is 1. The van der Waals surface area contributed by atoms with Crippen LogP contribution in [-0.4, -0.2) is 16.1 Å². The van der Waals surface area contributed by atoms with Gasteiger partial charge in [-0.05, 0) is 26.0 Å². The zero-order valence-electron chi connectivity index (χ0n) is 9.92. The van der Waals surface area contributed by atoms with Crippen molar-refractivity contribution in [2.75, 3.05) is 5.73 Å². The molecule has 2 rings (SSSR count). The summed E-state index contributed by atoms with van der Waals surface area (Å²) in [4.78, 5) is 8.21. The monoisotopic (exact) mass is 229 g/mol. The molecule has 4 nitrogen and oxygen atoms in total. The van der Waals surface area contributed by atoms with Crippen molar-refractivity contribution < 1.29 is 4.74 Å². The van der Waals surface area contributed by atoms with Gasteiger partial charge in [-0.25, -0.2) is 0 Å². The first kappa shape index (κ1) is 11.4. The van der Waals surface area contributed by atoms with E-state index in [2.05, 4.69) is 9.97 Å². The van der Waals surface area contributed by atoms with Crippen LogP contribution in [0.2, 0.25) is 0 Å². The van der Waals surface area contributed by atoms with Gasteiger partial charge in [0.1, 0.15) is 5.75 Å². The molecule has 0 fully saturated rings. The Morgan fingerprint density at radius 2 is 1.65 bits per heavy atom. The summed E-state index contributed by atoms with van der Waals surface area (Å²) in [6, 6.07) is 3.80. The van der Waals surface area contributed by atoms with Crippen molar-refractivity contribution in [1.82, 2.24) is 9.97 Å². The predicted octanol–water partition coefficient (Wildman–Crippen LogP) is 2.51. The van der Waals surface area contributed by atoms with Gasteiger partial charge < -0.3 is 10.5 Å². The predicted molar refractivity (Wildman–Crippen MR) is 67.6 cm³/mol. The van der Waals surface area contributed by atoms with Crippen molar-refractivity contribution in [1.29, 1.82) is 0 Å². The highest BCUT2D eigenvalue weighted by Gasteiger charge is 2.03. The van der Waals surface area contributed by atoms with Crippen molar-refractivity contribution in [3.63, 3.8) is 0 Å². The normalized spacial score (nSPS) is 10.5. The molecule has 2 aromatic heterocycles. The van der Waals surface area contributed by atoms with Gasteiger partial charge in [-0.2, -0.15) is 0 Å². The van der Waals surface area contributed by atoms with E-state index in [-0.39, 0.29) is 6.10 Å². The molecule has 0 aliphatic heterocycles. The van der Waals surface area contributed by atoms with E-state index in [0.29, 0.717) is 5.69 Å². The molecule has 0 saturated heterocycles. The van der Waals surface area contributed by atoms with Gasteiger partial charge >= 0.3 is 0 Å². The third-order valence-electron chi connectivity index (χ3n) is 2.18. The van der Waals surface area contributed by atoms with Gasteiger partial charge in [0.2, 0.25) is 0 Å². The van der Waals surface area contributed by atoms with Crippen LogP contribution < -0.4 is 10.5 Å². The van der Waals surface area contributed by atoms with Crippen LogP contribution in [-0.2, 0) is 0 Å². The average molecular weight is 229 g/mol. The molecule has 17 heavy (non-hydrogen) atoms. The molecule has 0 bridgehead atoms. The molecule has 0 aliphatic rings. The van der Waals surface area contributed by atoms with Crippen LogP contribution in [0.25, 0.3) is 11.1 Å². The Morgan fingerprint density at radius 3 is 2.29 bits per heavy atom. The van der Waals surface area contributed by atoms with Crippen LogP contribution in [0.4, 0.5) is 5.69 Å². The second-order valence-corrected chi connectivity index (χ2v) is 4.08.